The van der Waals surface area contributed by atoms with Gasteiger partial charge in [-0.15, -0.1) is 24.3 Å². The van der Waals surface area contributed by atoms with Crippen molar-refractivity contribution in [3.8, 4) is 50.5 Å². The maximum Gasteiger partial charge on any atom is 0.241 e. The van der Waals surface area contributed by atoms with Crippen LogP contribution in [0.2, 0.25) is 0 Å². The van der Waals surface area contributed by atoms with Crippen molar-refractivity contribution in [3.05, 3.63) is 201 Å². The molecule has 0 N–H and O–H groups in total. The summed E-state index contributed by atoms with van der Waals surface area (Å²) in [6, 6.07) is 36.8. The number of aromatic nitrogens is 4. The van der Waals surface area contributed by atoms with Gasteiger partial charge in [0, 0.05) is 66.1 Å². The average molecular weight is 1050 g/mol. The van der Waals surface area contributed by atoms with Crippen LogP contribution in [0.1, 0.15) is 69.0 Å². The summed E-state index contributed by atoms with van der Waals surface area (Å²) in [7, 11) is 2.00. The summed E-state index contributed by atoms with van der Waals surface area (Å²) in [5.74, 6) is -2.81. The first-order chi connectivity index (χ1) is 30.6. The zero-order valence-corrected chi connectivity index (χ0v) is 40.6. The molecule has 0 saturated carbocycles. The Kier molecular flexibility index (Phi) is 15.5. The Hall–Kier alpha value is -6.02. The van der Waals surface area contributed by atoms with Crippen LogP contribution in [0.3, 0.4) is 0 Å². The third kappa shape index (κ3) is 11.3. The van der Waals surface area contributed by atoms with Crippen LogP contribution in [0.25, 0.3) is 50.5 Å². The minimum absolute atomic E-state index is 0. The summed E-state index contributed by atoms with van der Waals surface area (Å²) < 4.78 is 61.5. The number of nitrogens with zero attached hydrogens (tertiary/aromatic N) is 4. The van der Waals surface area contributed by atoms with Crippen molar-refractivity contribution >= 4 is 0 Å². The maximum absolute atomic E-state index is 15.0. The van der Waals surface area contributed by atoms with Crippen molar-refractivity contribution in [2.45, 2.75) is 81.1 Å². The van der Waals surface area contributed by atoms with Crippen molar-refractivity contribution in [2.75, 3.05) is 0 Å². The minimum Gasteiger partial charge on any atom is -0.345 e. The monoisotopic (exact) mass is 1050 g/mol. The fraction of sp³-hybridized carbons (Fsp3) is 0.232. The van der Waals surface area contributed by atoms with Gasteiger partial charge in [-0.2, -0.15) is 30.3 Å². The minimum atomic E-state index is -0.714. The van der Waals surface area contributed by atoms with Gasteiger partial charge in [0.25, 0.3) is 0 Å². The first-order valence-electron chi connectivity index (χ1n) is 21.4. The Bertz CT molecular complexity index is 2790. The number of hydrogen-bond donors (Lipinski definition) is 0. The number of imidazole rings is 1. The standard InChI is InChI=1S/C44H38F4N2.C12H13N2.Ir/c1-25-15-27(3)43(28(4)16-25)31-19-35(49-41(21-31)37-13-11-33(45)23-39(37)47)9-7-8-10-36-20-32(44-29(5)17-26(2)18-30(44)6)22-42(50-36)38-14-12-34(46)24-40(38)48;1-10-11(2)14(9-13(10)3)12-7-5-4-6-8-12;/h11-12,15-24H,7-10H2,1-6H3;4-7H,1-3H3;/q-2;-1;. The van der Waals surface area contributed by atoms with Crippen LogP contribution in [0.15, 0.2) is 97.1 Å². The summed E-state index contributed by atoms with van der Waals surface area (Å²) in [5.41, 5.74) is 16.7. The first kappa shape index (κ1) is 48.4. The molecule has 0 atom stereocenters. The predicted octanol–water partition coefficient (Wildman–Crippen LogP) is 13.2. The Morgan fingerprint density at radius 1 is 0.569 bits per heavy atom. The second-order valence-electron chi connectivity index (χ2n) is 16.7. The fourth-order valence-corrected chi connectivity index (χ4v) is 8.60. The molecule has 8 aromatic rings. The van der Waals surface area contributed by atoms with Gasteiger partial charge in [-0.1, -0.05) is 76.5 Å². The van der Waals surface area contributed by atoms with Gasteiger partial charge in [-0.25, -0.2) is 0 Å². The van der Waals surface area contributed by atoms with E-state index in [9.17, 15) is 17.6 Å². The topological polar surface area (TPSA) is 34.6 Å². The van der Waals surface area contributed by atoms with Crippen molar-refractivity contribution in [2.24, 2.45) is 7.05 Å². The van der Waals surface area contributed by atoms with E-state index in [0.29, 0.717) is 24.2 Å². The van der Waals surface area contributed by atoms with E-state index in [0.717, 1.165) is 110 Å². The van der Waals surface area contributed by atoms with E-state index in [1.165, 1.54) is 11.4 Å². The molecule has 1 radical (unpaired) electrons. The van der Waals surface area contributed by atoms with Crippen LogP contribution >= 0.6 is 0 Å². The molecule has 0 aliphatic carbocycles. The van der Waals surface area contributed by atoms with E-state index < -0.39 is 23.3 Å². The zero-order chi connectivity index (χ0) is 45.8. The van der Waals surface area contributed by atoms with Crippen LogP contribution in [0.5, 0.6) is 0 Å². The second kappa shape index (κ2) is 20.9. The maximum atomic E-state index is 15.0. The smallest absolute Gasteiger partial charge is 0.241 e. The quantitative estimate of drug-likeness (QED) is 0.0592. The molecule has 0 aliphatic rings. The third-order valence-corrected chi connectivity index (χ3v) is 11.6. The molecular formula is C56H51F4IrN4-3. The largest absolute Gasteiger partial charge is 0.345 e. The summed E-state index contributed by atoms with van der Waals surface area (Å²) in [4.78, 5) is 9.61. The van der Waals surface area contributed by atoms with E-state index in [1.54, 1.807) is 0 Å². The van der Waals surface area contributed by atoms with Gasteiger partial charge in [-0.05, 0) is 149 Å². The summed E-state index contributed by atoms with van der Waals surface area (Å²) >= 11 is 0. The normalized spacial score (nSPS) is 11.0. The molecule has 3 aromatic heterocycles. The number of aryl methyl sites for hydroxylation is 9. The zero-order valence-electron chi connectivity index (χ0n) is 38.2. The molecule has 5 aromatic carbocycles. The Morgan fingerprint density at radius 3 is 1.38 bits per heavy atom. The van der Waals surface area contributed by atoms with Gasteiger partial charge < -0.3 is 19.1 Å². The first-order valence-corrected chi connectivity index (χ1v) is 21.4. The molecule has 0 unspecified atom stereocenters. The third-order valence-electron chi connectivity index (χ3n) is 11.6. The molecule has 65 heavy (non-hydrogen) atoms. The molecule has 4 nitrogen and oxygen atoms in total. The molecule has 0 amide bonds. The number of hydrogen-bond acceptors (Lipinski definition) is 2. The van der Waals surface area contributed by atoms with Crippen molar-refractivity contribution < 1.29 is 42.2 Å². The van der Waals surface area contributed by atoms with Crippen molar-refractivity contribution in [3.63, 3.8) is 0 Å². The van der Waals surface area contributed by atoms with Crippen molar-refractivity contribution in [1.29, 1.82) is 0 Å². The summed E-state index contributed by atoms with van der Waals surface area (Å²) in [6.45, 7) is 16.5. The Labute approximate surface area is 394 Å². The van der Waals surface area contributed by atoms with Crippen molar-refractivity contribution in [1.82, 2.24) is 14.5 Å². The molecule has 3 heterocycles. The van der Waals surface area contributed by atoms with E-state index in [4.69, 9.17) is 9.97 Å². The second-order valence-corrected chi connectivity index (χ2v) is 16.7. The van der Waals surface area contributed by atoms with E-state index >= 15 is 0 Å². The molecular weight excluding hydrogens is 997 g/mol. The average Bonchev–Trinajstić information content (AvgIpc) is 3.49. The van der Waals surface area contributed by atoms with Crippen LogP contribution < -0.4 is 4.57 Å². The number of halogens is 4. The van der Waals surface area contributed by atoms with Gasteiger partial charge >= 0.3 is 0 Å². The van der Waals surface area contributed by atoms with Gasteiger partial charge in [-0.3, -0.25) is 17.6 Å². The van der Waals surface area contributed by atoms with E-state index in [1.807, 2.05) is 64.7 Å². The number of benzene rings is 5. The van der Waals surface area contributed by atoms with Gasteiger partial charge in [0.05, 0.1) is 7.05 Å². The SMILES string of the molecule is Cc1c(C)[n+](C)[c-]n1-c1[c-]cccc1.Cc1cc(C)c(-c2cc(CCCCc3cc(-c4c(C)cc(C)cc4C)cc(-c4[c-]cc(F)cc4F)n3)nc(-c3[c-]cc(F)cc3F)c2)c(C)c1.[Ir]. The van der Waals surface area contributed by atoms with Gasteiger partial charge in [0.15, 0.2) is 0 Å². The molecule has 8 rings (SSSR count). The number of rotatable bonds is 10. The van der Waals surface area contributed by atoms with Crippen LogP contribution in [-0.4, -0.2) is 14.5 Å². The molecule has 335 valence electrons. The van der Waals surface area contributed by atoms with Gasteiger partial charge in [0.2, 0.25) is 6.33 Å². The Morgan fingerprint density at radius 2 is 1.02 bits per heavy atom. The molecule has 0 fully saturated rings. The summed E-state index contributed by atoms with van der Waals surface area (Å²) in [5, 5.41) is 0. The van der Waals surface area contributed by atoms with Crippen LogP contribution in [-0.2, 0) is 40.0 Å². The van der Waals surface area contributed by atoms with Crippen LogP contribution in [0, 0.1) is 103 Å². The molecule has 0 bridgehead atoms. The fourth-order valence-electron chi connectivity index (χ4n) is 8.60. The number of para-hydroxylation sites is 1. The number of pyridine rings is 2. The molecule has 0 spiro atoms. The predicted molar refractivity (Wildman–Crippen MR) is 247 cm³/mol. The molecule has 0 aliphatic heterocycles. The molecule has 9 heteroatoms. The van der Waals surface area contributed by atoms with Gasteiger partial charge in [0.1, 0.15) is 0 Å². The molecule has 0 saturated heterocycles. The van der Waals surface area contributed by atoms with E-state index in [2.05, 4.69) is 104 Å². The van der Waals surface area contributed by atoms with E-state index in [-0.39, 0.29) is 31.2 Å². The Balaban J connectivity index is 0.000000396. The summed E-state index contributed by atoms with van der Waals surface area (Å²) in [6.07, 6.45) is 5.94. The van der Waals surface area contributed by atoms with Crippen LogP contribution in [0.4, 0.5) is 17.6 Å². The number of unbranched alkanes of at least 4 members (excludes halogenated alkanes) is 1.